The number of rotatable bonds is 3. The van der Waals surface area contributed by atoms with Gasteiger partial charge < -0.3 is 10.0 Å². The number of carboxylic acid groups (broad SMARTS) is 1. The molecule has 110 valence electrons. The maximum absolute atomic E-state index is 12.5. The lowest BCUT2D eigenvalue weighted by Crippen LogP contribution is -2.32. The number of carboxylic acids is 1. The number of carbonyl (C=O) groups is 2. The van der Waals surface area contributed by atoms with Crippen LogP contribution in [0.25, 0.3) is 0 Å². The minimum Gasteiger partial charge on any atom is -0.477 e. The molecule has 1 amide bonds. The molecule has 2 heterocycles. The Morgan fingerprint density at radius 3 is 2.40 bits per heavy atom. The SMILES string of the molecule is O=C(O)c1cc(C(F)(F)F)nn1CC(=O)N1CCCC1. The lowest BCUT2D eigenvalue weighted by molar-refractivity contribution is -0.142. The van der Waals surface area contributed by atoms with E-state index < -0.39 is 36.0 Å². The van der Waals surface area contributed by atoms with Crippen molar-refractivity contribution in [2.45, 2.75) is 25.6 Å². The van der Waals surface area contributed by atoms with E-state index in [2.05, 4.69) is 5.10 Å². The number of aromatic carboxylic acids is 1. The summed E-state index contributed by atoms with van der Waals surface area (Å²) in [5.74, 6) is -1.98. The molecule has 0 radical (unpaired) electrons. The van der Waals surface area contributed by atoms with Crippen molar-refractivity contribution >= 4 is 11.9 Å². The Balaban J connectivity index is 2.23. The van der Waals surface area contributed by atoms with E-state index >= 15 is 0 Å². The molecule has 1 fully saturated rings. The Hall–Kier alpha value is -2.06. The van der Waals surface area contributed by atoms with E-state index in [0.717, 1.165) is 12.8 Å². The molecule has 2 rings (SSSR count). The molecule has 0 atom stereocenters. The average Bonchev–Trinajstić information content (AvgIpc) is 2.96. The third kappa shape index (κ3) is 2.91. The number of hydrogen-bond acceptors (Lipinski definition) is 3. The third-order valence-electron chi connectivity index (χ3n) is 3.03. The van der Waals surface area contributed by atoms with Crippen LogP contribution in [-0.4, -0.2) is 44.8 Å². The van der Waals surface area contributed by atoms with E-state index in [1.807, 2.05) is 0 Å². The molecule has 0 unspecified atom stereocenters. The summed E-state index contributed by atoms with van der Waals surface area (Å²) >= 11 is 0. The van der Waals surface area contributed by atoms with Gasteiger partial charge >= 0.3 is 12.1 Å². The van der Waals surface area contributed by atoms with Gasteiger partial charge in [0.15, 0.2) is 5.69 Å². The molecule has 1 saturated heterocycles. The Kier molecular flexibility index (Phi) is 3.69. The predicted molar refractivity (Wildman–Crippen MR) is 60.0 cm³/mol. The summed E-state index contributed by atoms with van der Waals surface area (Å²) < 4.78 is 38.1. The van der Waals surface area contributed by atoms with Crippen molar-refractivity contribution < 1.29 is 27.9 Å². The number of hydrogen-bond donors (Lipinski definition) is 1. The highest BCUT2D eigenvalue weighted by molar-refractivity contribution is 5.86. The largest absolute Gasteiger partial charge is 0.477 e. The van der Waals surface area contributed by atoms with E-state index in [0.29, 0.717) is 23.8 Å². The average molecular weight is 291 g/mol. The molecule has 1 aliphatic heterocycles. The van der Waals surface area contributed by atoms with Crippen LogP contribution in [0.15, 0.2) is 6.07 Å². The Labute approximate surface area is 111 Å². The number of alkyl halides is 3. The molecule has 9 heteroatoms. The molecule has 6 nitrogen and oxygen atoms in total. The fourth-order valence-electron chi connectivity index (χ4n) is 2.04. The van der Waals surface area contributed by atoms with Gasteiger partial charge in [-0.25, -0.2) is 9.48 Å². The molecule has 0 bridgehead atoms. The molecule has 1 aromatic rings. The van der Waals surface area contributed by atoms with Crippen LogP contribution >= 0.6 is 0 Å². The first kappa shape index (κ1) is 14.4. The van der Waals surface area contributed by atoms with Gasteiger partial charge in [-0.05, 0) is 12.8 Å². The maximum atomic E-state index is 12.5. The van der Waals surface area contributed by atoms with E-state index in [-0.39, 0.29) is 0 Å². The van der Waals surface area contributed by atoms with E-state index in [4.69, 9.17) is 5.11 Å². The first-order chi connectivity index (χ1) is 9.29. The first-order valence-electron chi connectivity index (χ1n) is 5.95. The third-order valence-corrected chi connectivity index (χ3v) is 3.03. The van der Waals surface area contributed by atoms with Gasteiger partial charge in [-0.1, -0.05) is 0 Å². The number of carbonyl (C=O) groups excluding carboxylic acids is 1. The van der Waals surface area contributed by atoms with Crippen molar-refractivity contribution in [2.75, 3.05) is 13.1 Å². The number of nitrogens with zero attached hydrogens (tertiary/aromatic N) is 3. The maximum Gasteiger partial charge on any atom is 0.435 e. The van der Waals surface area contributed by atoms with Crippen LogP contribution in [0.3, 0.4) is 0 Å². The Morgan fingerprint density at radius 2 is 1.90 bits per heavy atom. The van der Waals surface area contributed by atoms with Crippen molar-refractivity contribution in [2.24, 2.45) is 0 Å². The van der Waals surface area contributed by atoms with Gasteiger partial charge in [0.05, 0.1) is 0 Å². The number of amides is 1. The van der Waals surface area contributed by atoms with Crippen LogP contribution in [0.2, 0.25) is 0 Å². The molecule has 0 aromatic carbocycles. The molecule has 0 aliphatic carbocycles. The van der Waals surface area contributed by atoms with Crippen molar-refractivity contribution in [3.63, 3.8) is 0 Å². The van der Waals surface area contributed by atoms with Crippen LogP contribution < -0.4 is 0 Å². The topological polar surface area (TPSA) is 75.4 Å². The molecule has 20 heavy (non-hydrogen) atoms. The lowest BCUT2D eigenvalue weighted by Gasteiger charge is -2.15. The normalized spacial score (nSPS) is 15.7. The summed E-state index contributed by atoms with van der Waals surface area (Å²) in [5, 5.41) is 12.0. The summed E-state index contributed by atoms with van der Waals surface area (Å²) in [5.41, 5.74) is -1.96. The van der Waals surface area contributed by atoms with Gasteiger partial charge in [0.2, 0.25) is 5.91 Å². The Bertz CT molecular complexity index is 533. The van der Waals surface area contributed by atoms with Gasteiger partial charge in [-0.3, -0.25) is 4.79 Å². The zero-order chi connectivity index (χ0) is 14.9. The van der Waals surface area contributed by atoms with Crippen LogP contribution in [-0.2, 0) is 17.5 Å². The summed E-state index contributed by atoms with van der Waals surface area (Å²) in [6.45, 7) is 0.570. The summed E-state index contributed by atoms with van der Waals surface area (Å²) in [4.78, 5) is 24.2. The zero-order valence-corrected chi connectivity index (χ0v) is 10.4. The number of halogens is 3. The van der Waals surface area contributed by atoms with Crippen molar-refractivity contribution in [3.8, 4) is 0 Å². The second-order valence-corrected chi connectivity index (χ2v) is 4.46. The smallest absolute Gasteiger partial charge is 0.435 e. The quantitative estimate of drug-likeness (QED) is 0.908. The van der Waals surface area contributed by atoms with Crippen molar-refractivity contribution in [1.82, 2.24) is 14.7 Å². The minimum absolute atomic E-state index is 0.429. The fraction of sp³-hybridized carbons (Fsp3) is 0.545. The highest BCUT2D eigenvalue weighted by atomic mass is 19.4. The van der Waals surface area contributed by atoms with Gasteiger partial charge in [-0.2, -0.15) is 18.3 Å². The fourth-order valence-corrected chi connectivity index (χ4v) is 2.04. The monoisotopic (exact) mass is 291 g/mol. The number of aromatic nitrogens is 2. The minimum atomic E-state index is -4.74. The number of likely N-dealkylation sites (tertiary alicyclic amines) is 1. The molecular formula is C11H12F3N3O3. The summed E-state index contributed by atoms with van der Waals surface area (Å²) in [7, 11) is 0. The second kappa shape index (κ2) is 5.14. The summed E-state index contributed by atoms with van der Waals surface area (Å²) in [6, 6.07) is 0.430. The van der Waals surface area contributed by atoms with Gasteiger partial charge in [0, 0.05) is 19.2 Å². The molecule has 1 aromatic heterocycles. The van der Waals surface area contributed by atoms with E-state index in [1.165, 1.54) is 4.90 Å². The van der Waals surface area contributed by atoms with E-state index in [1.54, 1.807) is 0 Å². The second-order valence-electron chi connectivity index (χ2n) is 4.46. The molecule has 1 N–H and O–H groups in total. The molecule has 1 aliphatic rings. The van der Waals surface area contributed by atoms with Crippen LogP contribution in [0.1, 0.15) is 29.0 Å². The first-order valence-corrected chi connectivity index (χ1v) is 5.95. The molecule has 0 saturated carbocycles. The van der Waals surface area contributed by atoms with Crippen molar-refractivity contribution in [1.29, 1.82) is 0 Å². The van der Waals surface area contributed by atoms with Gasteiger partial charge in [0.25, 0.3) is 0 Å². The zero-order valence-electron chi connectivity index (χ0n) is 10.4. The van der Waals surface area contributed by atoms with Gasteiger partial charge in [0.1, 0.15) is 12.2 Å². The van der Waals surface area contributed by atoms with Gasteiger partial charge in [-0.15, -0.1) is 0 Å². The van der Waals surface area contributed by atoms with Crippen molar-refractivity contribution in [3.05, 3.63) is 17.5 Å². The van der Waals surface area contributed by atoms with Crippen LogP contribution in [0.4, 0.5) is 13.2 Å². The van der Waals surface area contributed by atoms with Crippen LogP contribution in [0, 0.1) is 0 Å². The highest BCUT2D eigenvalue weighted by Gasteiger charge is 2.36. The van der Waals surface area contributed by atoms with E-state index in [9.17, 15) is 22.8 Å². The lowest BCUT2D eigenvalue weighted by atomic mass is 10.3. The van der Waals surface area contributed by atoms with Crippen LogP contribution in [0.5, 0.6) is 0 Å². The highest BCUT2D eigenvalue weighted by Crippen LogP contribution is 2.28. The molecule has 0 spiro atoms. The summed E-state index contributed by atoms with van der Waals surface area (Å²) in [6.07, 6.45) is -3.07. The Morgan fingerprint density at radius 1 is 1.30 bits per heavy atom. The predicted octanol–water partition coefficient (Wildman–Crippen LogP) is 1.22. The standard InChI is InChI=1S/C11H12F3N3O3/c12-11(13,14)8-5-7(10(19)20)17(15-8)6-9(18)16-3-1-2-4-16/h5H,1-4,6H2,(H,19,20). The molecular weight excluding hydrogens is 279 g/mol.